The smallest absolute Gasteiger partial charge is 0.134 e. The summed E-state index contributed by atoms with van der Waals surface area (Å²) in [6.45, 7) is 6.96. The third-order valence-corrected chi connectivity index (χ3v) is 3.58. The molecular formula is C14H25N5O. The van der Waals surface area contributed by atoms with Gasteiger partial charge in [-0.2, -0.15) is 0 Å². The topological polar surface area (TPSA) is 78.5 Å². The lowest BCUT2D eigenvalue weighted by Gasteiger charge is -2.23. The second kappa shape index (κ2) is 7.40. The molecular weight excluding hydrogens is 254 g/mol. The molecule has 6 heteroatoms. The van der Waals surface area contributed by atoms with Crippen molar-refractivity contribution in [2.45, 2.75) is 26.2 Å². The summed E-state index contributed by atoms with van der Waals surface area (Å²) in [6.07, 6.45) is 2.96. The maximum absolute atomic E-state index is 9.03. The van der Waals surface area contributed by atoms with Gasteiger partial charge in [-0.3, -0.25) is 4.90 Å². The lowest BCUT2D eigenvalue weighted by atomic mass is 10.3. The minimum atomic E-state index is 0.223. The number of nitrogens with two attached hydrogens (primary N) is 1. The second-order valence-corrected chi connectivity index (χ2v) is 5.22. The Labute approximate surface area is 120 Å². The molecule has 0 amide bonds. The minimum Gasteiger partial charge on any atom is -0.395 e. The summed E-state index contributed by atoms with van der Waals surface area (Å²) >= 11 is 0. The number of aromatic nitrogens is 2. The summed E-state index contributed by atoms with van der Waals surface area (Å²) < 4.78 is 0. The van der Waals surface area contributed by atoms with E-state index in [1.165, 1.54) is 0 Å². The van der Waals surface area contributed by atoms with Crippen LogP contribution in [0.5, 0.6) is 0 Å². The molecule has 0 saturated carbocycles. The third kappa shape index (κ3) is 4.05. The molecule has 6 nitrogen and oxygen atoms in total. The summed E-state index contributed by atoms with van der Waals surface area (Å²) in [6, 6.07) is 1.86. The van der Waals surface area contributed by atoms with Gasteiger partial charge in [0.05, 0.1) is 6.61 Å². The van der Waals surface area contributed by atoms with Crippen molar-refractivity contribution in [3.05, 3.63) is 11.9 Å². The van der Waals surface area contributed by atoms with Crippen molar-refractivity contribution in [2.24, 2.45) is 0 Å². The van der Waals surface area contributed by atoms with Gasteiger partial charge in [0, 0.05) is 38.7 Å². The van der Waals surface area contributed by atoms with Gasteiger partial charge in [0.1, 0.15) is 17.5 Å². The van der Waals surface area contributed by atoms with Crippen molar-refractivity contribution >= 4 is 11.6 Å². The van der Waals surface area contributed by atoms with Crippen LogP contribution in [0.25, 0.3) is 0 Å². The van der Waals surface area contributed by atoms with E-state index in [-0.39, 0.29) is 6.61 Å². The zero-order valence-electron chi connectivity index (χ0n) is 12.3. The van der Waals surface area contributed by atoms with Crippen LogP contribution in [-0.2, 0) is 6.42 Å². The third-order valence-electron chi connectivity index (χ3n) is 3.58. The average molecular weight is 279 g/mol. The maximum atomic E-state index is 9.03. The van der Waals surface area contributed by atoms with Crippen molar-refractivity contribution in [3.8, 4) is 0 Å². The number of aliphatic hydroxyl groups is 1. The van der Waals surface area contributed by atoms with E-state index in [0.717, 1.165) is 63.6 Å². The molecule has 1 fully saturated rings. The Balaban J connectivity index is 2.07. The van der Waals surface area contributed by atoms with Crippen LogP contribution < -0.4 is 10.6 Å². The highest BCUT2D eigenvalue weighted by Crippen LogP contribution is 2.17. The Morgan fingerprint density at radius 1 is 1.25 bits per heavy atom. The van der Waals surface area contributed by atoms with E-state index >= 15 is 0 Å². The van der Waals surface area contributed by atoms with Gasteiger partial charge in [0.2, 0.25) is 0 Å². The monoisotopic (exact) mass is 279 g/mol. The van der Waals surface area contributed by atoms with Gasteiger partial charge >= 0.3 is 0 Å². The molecule has 1 saturated heterocycles. The van der Waals surface area contributed by atoms with E-state index in [2.05, 4.69) is 26.7 Å². The summed E-state index contributed by atoms with van der Waals surface area (Å²) in [5.41, 5.74) is 5.89. The number of aryl methyl sites for hydroxylation is 1. The van der Waals surface area contributed by atoms with Crippen molar-refractivity contribution in [1.82, 2.24) is 14.9 Å². The molecule has 1 aliphatic rings. The van der Waals surface area contributed by atoms with Crippen LogP contribution in [0.3, 0.4) is 0 Å². The Kier molecular flexibility index (Phi) is 5.55. The lowest BCUT2D eigenvalue weighted by Crippen LogP contribution is -2.33. The number of aliphatic hydroxyl groups excluding tert-OH is 1. The molecule has 3 N–H and O–H groups in total. The molecule has 0 aliphatic carbocycles. The lowest BCUT2D eigenvalue weighted by molar-refractivity contribution is 0.204. The highest BCUT2D eigenvalue weighted by molar-refractivity contribution is 5.47. The van der Waals surface area contributed by atoms with Gasteiger partial charge in [-0.1, -0.05) is 6.92 Å². The zero-order chi connectivity index (χ0) is 14.4. The van der Waals surface area contributed by atoms with E-state index in [9.17, 15) is 0 Å². The fourth-order valence-electron chi connectivity index (χ4n) is 2.57. The van der Waals surface area contributed by atoms with Crippen molar-refractivity contribution in [1.29, 1.82) is 0 Å². The molecule has 0 unspecified atom stereocenters. The number of hydrogen-bond acceptors (Lipinski definition) is 6. The van der Waals surface area contributed by atoms with Gasteiger partial charge in [0.25, 0.3) is 0 Å². The molecule has 0 atom stereocenters. The van der Waals surface area contributed by atoms with Gasteiger partial charge in [0.15, 0.2) is 0 Å². The first kappa shape index (κ1) is 15.0. The molecule has 1 aliphatic heterocycles. The number of rotatable bonds is 5. The SMILES string of the molecule is CCCc1nc(N)cc(N2CCCN(CCO)CC2)n1. The average Bonchev–Trinajstić information content (AvgIpc) is 2.65. The van der Waals surface area contributed by atoms with Crippen LogP contribution in [0.4, 0.5) is 11.6 Å². The summed E-state index contributed by atoms with van der Waals surface area (Å²) in [5, 5.41) is 9.03. The maximum Gasteiger partial charge on any atom is 0.134 e. The Bertz CT molecular complexity index is 426. The molecule has 112 valence electrons. The first-order valence-electron chi connectivity index (χ1n) is 7.44. The first-order chi connectivity index (χ1) is 9.72. The summed E-state index contributed by atoms with van der Waals surface area (Å²) in [5.74, 6) is 2.32. The van der Waals surface area contributed by atoms with Gasteiger partial charge in [-0.15, -0.1) is 0 Å². The first-order valence-corrected chi connectivity index (χ1v) is 7.44. The number of anilines is 2. The van der Waals surface area contributed by atoms with E-state index in [0.29, 0.717) is 5.82 Å². The molecule has 1 aromatic heterocycles. The van der Waals surface area contributed by atoms with E-state index in [4.69, 9.17) is 10.8 Å². The molecule has 2 rings (SSSR count). The van der Waals surface area contributed by atoms with Crippen LogP contribution in [0, 0.1) is 0 Å². The van der Waals surface area contributed by atoms with E-state index in [1.54, 1.807) is 0 Å². The number of nitrogens with zero attached hydrogens (tertiary/aromatic N) is 4. The highest BCUT2D eigenvalue weighted by atomic mass is 16.3. The minimum absolute atomic E-state index is 0.223. The highest BCUT2D eigenvalue weighted by Gasteiger charge is 2.16. The number of nitrogen functional groups attached to an aromatic ring is 1. The van der Waals surface area contributed by atoms with E-state index in [1.807, 2.05) is 6.07 Å². The Hall–Kier alpha value is -1.40. The number of β-amino-alcohol motifs (C(OH)–C–C–N with tert-alkyl or cyclic N) is 1. The van der Waals surface area contributed by atoms with Gasteiger partial charge in [-0.05, 0) is 19.4 Å². The molecule has 1 aromatic rings. The Morgan fingerprint density at radius 2 is 2.10 bits per heavy atom. The van der Waals surface area contributed by atoms with Crippen molar-refractivity contribution in [3.63, 3.8) is 0 Å². The molecule has 0 radical (unpaired) electrons. The van der Waals surface area contributed by atoms with Gasteiger partial charge in [-0.25, -0.2) is 9.97 Å². The predicted molar refractivity (Wildman–Crippen MR) is 80.8 cm³/mol. The number of hydrogen-bond donors (Lipinski definition) is 2. The Morgan fingerprint density at radius 3 is 2.85 bits per heavy atom. The molecule has 2 heterocycles. The van der Waals surface area contributed by atoms with Crippen LogP contribution >= 0.6 is 0 Å². The second-order valence-electron chi connectivity index (χ2n) is 5.22. The normalized spacial score (nSPS) is 17.2. The van der Waals surface area contributed by atoms with E-state index < -0.39 is 0 Å². The summed E-state index contributed by atoms with van der Waals surface area (Å²) in [7, 11) is 0. The molecule has 0 bridgehead atoms. The van der Waals surface area contributed by atoms with Crippen LogP contribution in [0.15, 0.2) is 6.07 Å². The largest absolute Gasteiger partial charge is 0.395 e. The fraction of sp³-hybridized carbons (Fsp3) is 0.714. The molecule has 0 spiro atoms. The molecule has 0 aromatic carbocycles. The quantitative estimate of drug-likeness (QED) is 0.818. The predicted octanol–water partition coefficient (Wildman–Crippen LogP) is 0.516. The standard InChI is InChI=1S/C14H25N5O/c1-2-4-13-16-12(15)11-14(17-13)19-6-3-5-18(7-8-19)9-10-20/h11,20H,2-10H2,1H3,(H2,15,16,17). The molecule has 20 heavy (non-hydrogen) atoms. The van der Waals surface area contributed by atoms with Crippen LogP contribution in [0.2, 0.25) is 0 Å². The van der Waals surface area contributed by atoms with Gasteiger partial charge < -0.3 is 15.7 Å². The fourth-order valence-corrected chi connectivity index (χ4v) is 2.57. The summed E-state index contributed by atoms with van der Waals surface area (Å²) in [4.78, 5) is 13.5. The zero-order valence-corrected chi connectivity index (χ0v) is 12.3. The van der Waals surface area contributed by atoms with Crippen LogP contribution in [-0.4, -0.2) is 59.3 Å². The van der Waals surface area contributed by atoms with Crippen molar-refractivity contribution in [2.75, 3.05) is 50.0 Å². The van der Waals surface area contributed by atoms with Crippen LogP contribution in [0.1, 0.15) is 25.6 Å². The van der Waals surface area contributed by atoms with Crippen molar-refractivity contribution < 1.29 is 5.11 Å².